The topological polar surface area (TPSA) is 87.6 Å². The predicted molar refractivity (Wildman–Crippen MR) is 94.5 cm³/mol. The molecule has 0 radical (unpaired) electrons. The van der Waals surface area contributed by atoms with Crippen LogP contribution in [0.2, 0.25) is 0 Å². The molecule has 4 N–H and O–H groups in total. The molecule has 3 heterocycles. The quantitative estimate of drug-likeness (QED) is 0.532. The summed E-state index contributed by atoms with van der Waals surface area (Å²) in [4.78, 5) is 22.5. The zero-order valence-corrected chi connectivity index (χ0v) is 13.4. The van der Waals surface area contributed by atoms with Crippen LogP contribution in [0.5, 0.6) is 0 Å². The maximum absolute atomic E-state index is 13.4. The van der Waals surface area contributed by atoms with Crippen LogP contribution in [0.4, 0.5) is 4.39 Å². The molecule has 0 saturated heterocycles. The largest absolute Gasteiger partial charge is 0.366 e. The van der Waals surface area contributed by atoms with Gasteiger partial charge in [0.15, 0.2) is 0 Å². The second kappa shape index (κ2) is 5.59. The number of nitrogens with zero attached hydrogens (tertiary/aromatic N) is 1. The van der Waals surface area contributed by atoms with E-state index >= 15 is 0 Å². The van der Waals surface area contributed by atoms with Gasteiger partial charge in [0.25, 0.3) is 5.91 Å². The summed E-state index contributed by atoms with van der Waals surface area (Å²) in [5.74, 6) is -0.864. The summed E-state index contributed by atoms with van der Waals surface area (Å²) < 4.78 is 13.4. The van der Waals surface area contributed by atoms with Crippen molar-refractivity contribution in [3.05, 3.63) is 65.7 Å². The molecule has 0 fully saturated rings. The third kappa shape index (κ3) is 2.48. The second-order valence-electron chi connectivity index (χ2n) is 5.89. The smallest absolute Gasteiger partial charge is 0.250 e. The number of aryl methyl sites for hydroxylation is 1. The summed E-state index contributed by atoms with van der Waals surface area (Å²) in [5.41, 5.74) is 10.4. The number of halogens is 1. The highest BCUT2D eigenvalue weighted by atomic mass is 19.1. The number of nitrogens with one attached hydrogen (secondary N) is 2. The number of carbonyl (C=O) groups excluding carboxylic acids is 1. The van der Waals surface area contributed by atoms with Gasteiger partial charge in [-0.05, 0) is 48.9 Å². The lowest BCUT2D eigenvalue weighted by Gasteiger charge is -2.06. The molecule has 124 valence electrons. The number of aromatic nitrogens is 3. The minimum Gasteiger partial charge on any atom is -0.366 e. The molecule has 25 heavy (non-hydrogen) atoms. The highest BCUT2D eigenvalue weighted by molar-refractivity contribution is 6.02. The van der Waals surface area contributed by atoms with Gasteiger partial charge in [-0.1, -0.05) is 0 Å². The van der Waals surface area contributed by atoms with E-state index in [2.05, 4.69) is 15.0 Å². The molecule has 3 aromatic heterocycles. The van der Waals surface area contributed by atoms with Crippen LogP contribution < -0.4 is 5.73 Å². The Morgan fingerprint density at radius 1 is 1.16 bits per heavy atom. The number of rotatable bonds is 3. The Hall–Kier alpha value is -3.41. The molecule has 0 bridgehead atoms. The van der Waals surface area contributed by atoms with Gasteiger partial charge in [-0.25, -0.2) is 9.37 Å². The number of carbonyl (C=O) groups is 1. The van der Waals surface area contributed by atoms with Crippen molar-refractivity contribution in [3.63, 3.8) is 0 Å². The fourth-order valence-electron chi connectivity index (χ4n) is 3.11. The van der Waals surface area contributed by atoms with E-state index in [4.69, 9.17) is 5.73 Å². The first-order chi connectivity index (χ1) is 12.0. The Labute approximate surface area is 142 Å². The number of pyridine rings is 1. The van der Waals surface area contributed by atoms with Crippen LogP contribution in [0.15, 0.2) is 48.8 Å². The molecule has 4 rings (SSSR count). The standard InChI is InChI=1S/C19H15FN4O/c1-10-8-11(20)2-3-12(10)17-15(18(21)25)9-16(24-17)13-4-6-22-19-14(13)5-7-23-19/h2-9,24H,1H3,(H2,21,25)(H,22,23). The van der Waals surface area contributed by atoms with E-state index in [0.717, 1.165) is 33.4 Å². The molecule has 6 heteroatoms. The van der Waals surface area contributed by atoms with Crippen molar-refractivity contribution in [3.8, 4) is 22.5 Å². The molecule has 0 spiro atoms. The zero-order valence-electron chi connectivity index (χ0n) is 13.4. The molecule has 1 aromatic carbocycles. The lowest BCUT2D eigenvalue weighted by atomic mass is 10.0. The van der Waals surface area contributed by atoms with Gasteiger partial charge in [0.05, 0.1) is 11.3 Å². The molecule has 0 atom stereocenters. The Bertz CT molecular complexity index is 1110. The van der Waals surface area contributed by atoms with E-state index in [9.17, 15) is 9.18 Å². The number of H-pyrrole nitrogens is 2. The van der Waals surface area contributed by atoms with Gasteiger partial charge in [0.2, 0.25) is 0 Å². The molecule has 0 saturated carbocycles. The predicted octanol–water partition coefficient (Wildman–Crippen LogP) is 3.77. The van der Waals surface area contributed by atoms with Gasteiger partial charge in [-0.3, -0.25) is 4.79 Å². The lowest BCUT2D eigenvalue weighted by molar-refractivity contribution is 0.100. The molecule has 5 nitrogen and oxygen atoms in total. The third-order valence-electron chi connectivity index (χ3n) is 4.29. The maximum Gasteiger partial charge on any atom is 0.250 e. The Balaban J connectivity index is 1.95. The second-order valence-corrected chi connectivity index (χ2v) is 5.89. The van der Waals surface area contributed by atoms with Crippen molar-refractivity contribution in [1.29, 1.82) is 0 Å². The van der Waals surface area contributed by atoms with E-state index in [-0.39, 0.29) is 5.82 Å². The van der Waals surface area contributed by atoms with Crippen LogP contribution in [-0.4, -0.2) is 20.9 Å². The number of fused-ring (bicyclic) bond motifs is 1. The monoisotopic (exact) mass is 334 g/mol. The number of hydrogen-bond donors (Lipinski definition) is 3. The molecule has 4 aromatic rings. The number of benzene rings is 1. The number of nitrogens with two attached hydrogens (primary N) is 1. The average molecular weight is 334 g/mol. The molecule has 0 aliphatic carbocycles. The van der Waals surface area contributed by atoms with Gasteiger partial charge in [-0.2, -0.15) is 0 Å². The van der Waals surface area contributed by atoms with Gasteiger partial charge < -0.3 is 15.7 Å². The first kappa shape index (κ1) is 15.1. The van der Waals surface area contributed by atoms with E-state index in [1.54, 1.807) is 25.3 Å². The van der Waals surface area contributed by atoms with Crippen LogP contribution in [0.25, 0.3) is 33.5 Å². The number of primary amides is 1. The number of amides is 1. The average Bonchev–Trinajstić information content (AvgIpc) is 3.21. The zero-order chi connectivity index (χ0) is 17.6. The fraction of sp³-hybridized carbons (Fsp3) is 0.0526. The number of hydrogen-bond acceptors (Lipinski definition) is 2. The van der Waals surface area contributed by atoms with Crippen molar-refractivity contribution in [2.75, 3.05) is 0 Å². The third-order valence-corrected chi connectivity index (χ3v) is 4.29. The summed E-state index contributed by atoms with van der Waals surface area (Å²) in [5, 5.41) is 0.933. The van der Waals surface area contributed by atoms with E-state index in [0.29, 0.717) is 11.3 Å². The molecule has 0 aliphatic rings. The summed E-state index contributed by atoms with van der Waals surface area (Å²) in [6, 6.07) is 9.95. The van der Waals surface area contributed by atoms with E-state index < -0.39 is 5.91 Å². The van der Waals surface area contributed by atoms with Crippen LogP contribution in [0.3, 0.4) is 0 Å². The van der Waals surface area contributed by atoms with Gasteiger partial charge in [0, 0.05) is 34.6 Å². The van der Waals surface area contributed by atoms with Crippen molar-refractivity contribution >= 4 is 16.9 Å². The van der Waals surface area contributed by atoms with Gasteiger partial charge >= 0.3 is 0 Å². The van der Waals surface area contributed by atoms with Crippen LogP contribution in [-0.2, 0) is 0 Å². The first-order valence-corrected chi connectivity index (χ1v) is 7.76. The van der Waals surface area contributed by atoms with Crippen LogP contribution in [0.1, 0.15) is 15.9 Å². The lowest BCUT2D eigenvalue weighted by Crippen LogP contribution is -2.11. The maximum atomic E-state index is 13.4. The molecule has 1 amide bonds. The van der Waals surface area contributed by atoms with E-state index in [1.165, 1.54) is 12.1 Å². The highest BCUT2D eigenvalue weighted by Crippen LogP contribution is 2.33. The Morgan fingerprint density at radius 2 is 2.00 bits per heavy atom. The van der Waals surface area contributed by atoms with Gasteiger partial charge in [-0.15, -0.1) is 0 Å². The van der Waals surface area contributed by atoms with Crippen LogP contribution >= 0.6 is 0 Å². The first-order valence-electron chi connectivity index (χ1n) is 7.76. The Kier molecular flexibility index (Phi) is 3.39. The fourth-order valence-corrected chi connectivity index (χ4v) is 3.11. The van der Waals surface area contributed by atoms with Crippen molar-refractivity contribution in [1.82, 2.24) is 15.0 Å². The normalized spacial score (nSPS) is 11.1. The Morgan fingerprint density at radius 3 is 2.76 bits per heavy atom. The molecule has 0 aliphatic heterocycles. The highest BCUT2D eigenvalue weighted by Gasteiger charge is 2.18. The molecular formula is C19H15FN4O. The summed E-state index contributed by atoms with van der Waals surface area (Å²) in [6.07, 6.45) is 3.51. The van der Waals surface area contributed by atoms with Crippen molar-refractivity contribution in [2.24, 2.45) is 5.73 Å². The summed E-state index contributed by atoms with van der Waals surface area (Å²) >= 11 is 0. The van der Waals surface area contributed by atoms with Gasteiger partial charge in [0.1, 0.15) is 11.5 Å². The van der Waals surface area contributed by atoms with Crippen LogP contribution in [0, 0.1) is 12.7 Å². The van der Waals surface area contributed by atoms with E-state index in [1.807, 2.05) is 18.3 Å². The SMILES string of the molecule is Cc1cc(F)ccc1-c1[nH]c(-c2ccnc3[nH]ccc23)cc1C(N)=O. The minimum absolute atomic E-state index is 0.322. The molecule has 0 unspecified atom stereocenters. The summed E-state index contributed by atoms with van der Waals surface area (Å²) in [7, 11) is 0. The summed E-state index contributed by atoms with van der Waals surface area (Å²) in [6.45, 7) is 1.79. The molecular weight excluding hydrogens is 319 g/mol. The number of aromatic amines is 2. The van der Waals surface area contributed by atoms with Crippen molar-refractivity contribution < 1.29 is 9.18 Å². The minimum atomic E-state index is -0.541. The van der Waals surface area contributed by atoms with Crippen molar-refractivity contribution in [2.45, 2.75) is 6.92 Å².